The largest absolute Gasteiger partial charge is 0.558 e. The van der Waals surface area contributed by atoms with Crippen molar-refractivity contribution in [3.63, 3.8) is 0 Å². The second kappa shape index (κ2) is 6.67. The molecule has 0 radical (unpaired) electrons. The van der Waals surface area contributed by atoms with Crippen LogP contribution in [0, 0.1) is 0 Å². The molecule has 1 atom stereocenters. The Morgan fingerprint density at radius 1 is 1.11 bits per heavy atom. The number of rotatable bonds is 5. The number of benzene rings is 1. The lowest BCUT2D eigenvalue weighted by molar-refractivity contribution is -0.0499. The van der Waals surface area contributed by atoms with E-state index in [9.17, 15) is 21.6 Å². The van der Waals surface area contributed by atoms with Crippen LogP contribution in [0.4, 0.5) is 13.2 Å². The summed E-state index contributed by atoms with van der Waals surface area (Å²) < 4.78 is 78.7. The summed E-state index contributed by atoms with van der Waals surface area (Å²) in [4.78, 5) is 0. The van der Waals surface area contributed by atoms with Gasteiger partial charge >= 0.3 is 15.6 Å². The maximum absolute atomic E-state index is 12.8. The predicted molar refractivity (Wildman–Crippen MR) is 97.5 cm³/mol. The summed E-state index contributed by atoms with van der Waals surface area (Å²) in [6.07, 6.45) is 0.604. The highest BCUT2D eigenvalue weighted by molar-refractivity contribution is 7.88. The molecular weight excluding hydrogens is 384 g/mol. The maximum Gasteiger partial charge on any atom is 0.534 e. The Kier molecular flexibility index (Phi) is 5.44. The molecule has 0 saturated carbocycles. The molecule has 10 heteroatoms. The van der Waals surface area contributed by atoms with Gasteiger partial charge in [0.05, 0.1) is 0 Å². The molecule has 27 heavy (non-hydrogen) atoms. The molecule has 154 valence electrons. The molecule has 0 bridgehead atoms. The first kappa shape index (κ1) is 22.0. The van der Waals surface area contributed by atoms with Gasteiger partial charge in [0.25, 0.3) is 6.55 Å². The highest BCUT2D eigenvalue weighted by Crippen LogP contribution is 2.47. The van der Waals surface area contributed by atoms with Crippen molar-refractivity contribution in [1.82, 2.24) is 0 Å². The second-order valence-corrected chi connectivity index (χ2v) is 9.47. The summed E-state index contributed by atoms with van der Waals surface area (Å²) >= 11 is 0. The molecular formula is C17H25BF3O5S-. The van der Waals surface area contributed by atoms with Crippen LogP contribution in [0.2, 0.25) is 5.82 Å². The predicted octanol–water partition coefficient (Wildman–Crippen LogP) is 3.97. The van der Waals surface area contributed by atoms with Crippen molar-refractivity contribution in [1.29, 1.82) is 0 Å². The van der Waals surface area contributed by atoms with Gasteiger partial charge in [0.2, 0.25) is 0 Å². The molecule has 1 unspecified atom stereocenters. The van der Waals surface area contributed by atoms with Gasteiger partial charge < -0.3 is 13.5 Å². The summed E-state index contributed by atoms with van der Waals surface area (Å²) in [5.74, 6) is -0.673. The molecule has 0 spiro atoms. The normalized spacial score (nSPS) is 22.4. The molecule has 1 fully saturated rings. The highest BCUT2D eigenvalue weighted by atomic mass is 32.2. The number of hydrogen-bond acceptors (Lipinski definition) is 5. The van der Waals surface area contributed by atoms with Crippen LogP contribution >= 0.6 is 0 Å². The topological polar surface area (TPSA) is 61.8 Å². The number of hydrogen-bond donors (Lipinski definition) is 0. The molecule has 0 amide bonds. The Balaban J connectivity index is 2.65. The molecule has 0 N–H and O–H groups in total. The van der Waals surface area contributed by atoms with Crippen molar-refractivity contribution in [2.45, 2.75) is 70.5 Å². The minimum atomic E-state index is -5.82. The second-order valence-electron chi connectivity index (χ2n) is 7.93. The monoisotopic (exact) mass is 409 g/mol. The van der Waals surface area contributed by atoms with Crippen LogP contribution in [0.5, 0.6) is 5.75 Å². The van der Waals surface area contributed by atoms with E-state index >= 15 is 0 Å². The fourth-order valence-corrected chi connectivity index (χ4v) is 3.70. The smallest absolute Gasteiger partial charge is 0.534 e. The third kappa shape index (κ3) is 3.71. The molecule has 5 nitrogen and oxygen atoms in total. The summed E-state index contributed by atoms with van der Waals surface area (Å²) in [5.41, 5.74) is -6.89. The summed E-state index contributed by atoms with van der Waals surface area (Å²) in [6.45, 7) is 8.76. The first-order chi connectivity index (χ1) is 12.1. The molecule has 1 heterocycles. The molecule has 1 aromatic rings. The summed E-state index contributed by atoms with van der Waals surface area (Å²) in [6, 6.07) is 5.65. The van der Waals surface area contributed by atoms with Gasteiger partial charge in [-0.25, -0.2) is 0 Å². The van der Waals surface area contributed by atoms with Gasteiger partial charge in [-0.2, -0.15) is 21.6 Å². The van der Waals surface area contributed by atoms with Crippen LogP contribution in [-0.4, -0.2) is 31.7 Å². The maximum atomic E-state index is 12.8. The Hall–Kier alpha value is -1.26. The van der Waals surface area contributed by atoms with E-state index in [1.165, 1.54) is 18.2 Å². The fraction of sp³-hybridized carbons (Fsp3) is 0.647. The molecule has 0 aromatic heterocycles. The van der Waals surface area contributed by atoms with E-state index in [0.717, 1.165) is 0 Å². The minimum absolute atomic E-state index is 0.165. The SMILES string of the molecule is CCC(C)[B-]1(c2ccccc2OS(=O)(=O)C(F)(F)F)OC(C)(C)C(C)(C)O1. The average Bonchev–Trinajstić information content (AvgIpc) is 2.71. The van der Waals surface area contributed by atoms with E-state index < -0.39 is 39.1 Å². The van der Waals surface area contributed by atoms with E-state index in [1.807, 2.05) is 41.5 Å². The summed E-state index contributed by atoms with van der Waals surface area (Å²) in [5, 5.41) is 0. The van der Waals surface area contributed by atoms with Crippen molar-refractivity contribution in [3.8, 4) is 5.75 Å². The Labute approximate surface area is 158 Å². The zero-order chi connectivity index (χ0) is 20.9. The van der Waals surface area contributed by atoms with Gasteiger partial charge in [0.15, 0.2) is 0 Å². The standard InChI is InChI=1S/C17H25BF3O5S/c1-7-12(2)18(25-15(3,4)16(5,6)26-18)13-10-8-9-11-14(13)24-27(22,23)17(19,20)21/h8-12H,7H2,1-6H3/q-1. The van der Waals surface area contributed by atoms with E-state index in [4.69, 9.17) is 9.31 Å². The fourth-order valence-electron chi connectivity index (χ4n) is 3.21. The van der Waals surface area contributed by atoms with Crippen LogP contribution in [0.15, 0.2) is 24.3 Å². The Morgan fingerprint density at radius 2 is 1.59 bits per heavy atom. The van der Waals surface area contributed by atoms with Crippen LogP contribution in [0.1, 0.15) is 48.0 Å². The van der Waals surface area contributed by atoms with Gasteiger partial charge in [-0.15, -0.1) is 11.3 Å². The van der Waals surface area contributed by atoms with Gasteiger partial charge in [0.1, 0.15) is 5.75 Å². The van der Waals surface area contributed by atoms with E-state index in [1.54, 1.807) is 6.07 Å². The lowest BCUT2D eigenvalue weighted by atomic mass is 9.42. The van der Waals surface area contributed by atoms with Crippen molar-refractivity contribution in [2.24, 2.45) is 0 Å². The van der Waals surface area contributed by atoms with E-state index in [2.05, 4.69) is 4.18 Å². The van der Waals surface area contributed by atoms with E-state index in [-0.39, 0.29) is 11.3 Å². The van der Waals surface area contributed by atoms with Crippen molar-refractivity contribution < 1.29 is 35.1 Å². The quantitative estimate of drug-likeness (QED) is 0.419. The Bertz CT molecular complexity index is 789. The lowest BCUT2D eigenvalue weighted by Gasteiger charge is -2.43. The zero-order valence-electron chi connectivity index (χ0n) is 16.3. The van der Waals surface area contributed by atoms with Gasteiger partial charge in [0, 0.05) is 11.2 Å². The average molecular weight is 409 g/mol. The first-order valence-corrected chi connectivity index (χ1v) is 10.2. The molecule has 1 aromatic carbocycles. The zero-order valence-corrected chi connectivity index (χ0v) is 17.1. The minimum Gasteiger partial charge on any atom is -0.558 e. The third-order valence-corrected chi connectivity index (χ3v) is 6.58. The van der Waals surface area contributed by atoms with Crippen LogP contribution in [0.3, 0.4) is 0 Å². The number of halogens is 3. The first-order valence-electron chi connectivity index (χ1n) is 8.75. The van der Waals surface area contributed by atoms with Gasteiger partial charge in [-0.3, -0.25) is 0 Å². The number of para-hydroxylation sites is 1. The summed E-state index contributed by atoms with van der Waals surface area (Å²) in [7, 11) is -5.82. The molecule has 1 aliphatic heterocycles. The van der Waals surface area contributed by atoms with Crippen LogP contribution in [0.25, 0.3) is 0 Å². The molecule has 1 saturated heterocycles. The number of alkyl halides is 3. The van der Waals surface area contributed by atoms with Crippen molar-refractivity contribution in [3.05, 3.63) is 24.3 Å². The highest BCUT2D eigenvalue weighted by Gasteiger charge is 2.55. The molecule has 0 aliphatic carbocycles. The van der Waals surface area contributed by atoms with Crippen molar-refractivity contribution >= 4 is 22.1 Å². The molecule has 1 aliphatic rings. The van der Waals surface area contributed by atoms with Crippen LogP contribution < -0.4 is 9.65 Å². The van der Waals surface area contributed by atoms with Gasteiger partial charge in [-0.05, 0) is 33.8 Å². The molecule has 2 rings (SSSR count). The van der Waals surface area contributed by atoms with E-state index in [0.29, 0.717) is 6.42 Å². The van der Waals surface area contributed by atoms with Crippen LogP contribution in [-0.2, 0) is 19.4 Å². The third-order valence-electron chi connectivity index (χ3n) is 5.62. The Morgan fingerprint density at radius 3 is 2.04 bits per heavy atom. The van der Waals surface area contributed by atoms with Crippen molar-refractivity contribution in [2.75, 3.05) is 0 Å². The van der Waals surface area contributed by atoms with Gasteiger partial charge in [-0.1, -0.05) is 38.5 Å². The lowest BCUT2D eigenvalue weighted by Crippen LogP contribution is -2.55.